The number of fused-ring (bicyclic) bond motifs is 1. The number of morpholine rings is 1. The molecule has 1 aromatic carbocycles. The summed E-state index contributed by atoms with van der Waals surface area (Å²) in [5.41, 5.74) is 3.70. The van der Waals surface area contributed by atoms with E-state index in [1.165, 1.54) is 0 Å². The highest BCUT2D eigenvalue weighted by Crippen LogP contribution is 2.30. The van der Waals surface area contributed by atoms with E-state index in [0.717, 1.165) is 45.9 Å². The van der Waals surface area contributed by atoms with Gasteiger partial charge in [-0.15, -0.1) is 0 Å². The summed E-state index contributed by atoms with van der Waals surface area (Å²) in [4.78, 5) is 16.7. The zero-order chi connectivity index (χ0) is 20.7. The standard InChI is InChI=1S/C21H22BrN7O/c1-3-27-18-17(24-20(27)22)19(28-9-10-30-13-14(28)2)26-21(25-18)29-12-16(11-23-29)15-7-5-4-6-8-15/h4-8,11-12,14H,3,9-10,13H2,1-2H3/t14-/m1/s1. The average Bonchev–Trinajstić information content (AvgIpc) is 3.38. The summed E-state index contributed by atoms with van der Waals surface area (Å²) in [5, 5.41) is 4.54. The Bertz CT molecular complexity index is 1190. The lowest BCUT2D eigenvalue weighted by Crippen LogP contribution is -2.44. The quantitative estimate of drug-likeness (QED) is 0.426. The molecule has 8 nitrogen and oxygen atoms in total. The van der Waals surface area contributed by atoms with Crippen molar-refractivity contribution in [3.63, 3.8) is 0 Å². The number of halogens is 1. The Morgan fingerprint density at radius 2 is 1.97 bits per heavy atom. The summed E-state index contributed by atoms with van der Waals surface area (Å²) in [7, 11) is 0. The van der Waals surface area contributed by atoms with Crippen LogP contribution in [0.4, 0.5) is 5.82 Å². The van der Waals surface area contributed by atoms with Gasteiger partial charge in [-0.3, -0.25) is 0 Å². The van der Waals surface area contributed by atoms with Gasteiger partial charge in [-0.25, -0.2) is 9.67 Å². The van der Waals surface area contributed by atoms with Gasteiger partial charge in [-0.2, -0.15) is 15.1 Å². The molecule has 1 atom stereocenters. The third-order valence-corrected chi connectivity index (χ3v) is 5.97. The molecule has 30 heavy (non-hydrogen) atoms. The molecule has 1 aliphatic rings. The van der Waals surface area contributed by atoms with Gasteiger partial charge in [0.1, 0.15) is 0 Å². The highest BCUT2D eigenvalue weighted by Gasteiger charge is 2.26. The molecule has 3 aromatic heterocycles. The van der Waals surface area contributed by atoms with Crippen LogP contribution in [0.2, 0.25) is 0 Å². The minimum absolute atomic E-state index is 0.202. The van der Waals surface area contributed by atoms with Crippen LogP contribution in [0.25, 0.3) is 28.2 Å². The summed E-state index contributed by atoms with van der Waals surface area (Å²) >= 11 is 3.58. The Morgan fingerprint density at radius 1 is 1.13 bits per heavy atom. The molecule has 1 fully saturated rings. The molecule has 5 rings (SSSR count). The lowest BCUT2D eigenvalue weighted by molar-refractivity contribution is 0.0986. The smallest absolute Gasteiger partial charge is 0.254 e. The number of nitrogens with zero attached hydrogens (tertiary/aromatic N) is 7. The van der Waals surface area contributed by atoms with Crippen LogP contribution in [0.15, 0.2) is 47.5 Å². The van der Waals surface area contributed by atoms with Gasteiger partial charge in [0, 0.05) is 24.8 Å². The second-order valence-corrected chi connectivity index (χ2v) is 8.01. The van der Waals surface area contributed by atoms with Crippen LogP contribution in [0.3, 0.4) is 0 Å². The van der Waals surface area contributed by atoms with Gasteiger partial charge in [-0.1, -0.05) is 30.3 Å². The third-order valence-electron chi connectivity index (χ3n) is 5.37. The lowest BCUT2D eigenvalue weighted by atomic mass is 10.1. The number of rotatable bonds is 4. The van der Waals surface area contributed by atoms with Gasteiger partial charge < -0.3 is 14.2 Å². The van der Waals surface area contributed by atoms with Crippen molar-refractivity contribution in [2.75, 3.05) is 24.7 Å². The van der Waals surface area contributed by atoms with Gasteiger partial charge in [-0.05, 0) is 35.3 Å². The van der Waals surface area contributed by atoms with E-state index in [2.05, 4.69) is 51.9 Å². The maximum Gasteiger partial charge on any atom is 0.254 e. The van der Waals surface area contributed by atoms with Crippen molar-refractivity contribution in [1.29, 1.82) is 0 Å². The van der Waals surface area contributed by atoms with E-state index >= 15 is 0 Å². The third kappa shape index (κ3) is 3.27. The number of aryl methyl sites for hydroxylation is 1. The number of hydrogen-bond acceptors (Lipinski definition) is 6. The Labute approximate surface area is 182 Å². The topological polar surface area (TPSA) is 73.9 Å². The zero-order valence-electron chi connectivity index (χ0n) is 16.9. The fourth-order valence-corrected chi connectivity index (χ4v) is 4.38. The Morgan fingerprint density at radius 3 is 2.73 bits per heavy atom. The fourth-order valence-electron chi connectivity index (χ4n) is 3.79. The number of hydrogen-bond donors (Lipinski definition) is 0. The van der Waals surface area contributed by atoms with Crippen LogP contribution < -0.4 is 4.90 Å². The van der Waals surface area contributed by atoms with Gasteiger partial charge in [0.15, 0.2) is 21.7 Å². The molecule has 0 radical (unpaired) electrons. The molecule has 0 N–H and O–H groups in total. The van der Waals surface area contributed by atoms with E-state index in [0.29, 0.717) is 19.2 Å². The molecular formula is C21H22BrN7O. The lowest BCUT2D eigenvalue weighted by Gasteiger charge is -2.34. The van der Waals surface area contributed by atoms with Gasteiger partial charge in [0.2, 0.25) is 0 Å². The number of anilines is 1. The Balaban J connectivity index is 1.66. The minimum atomic E-state index is 0.202. The van der Waals surface area contributed by atoms with Crippen LogP contribution in [0.1, 0.15) is 13.8 Å². The molecule has 0 bridgehead atoms. The predicted molar refractivity (Wildman–Crippen MR) is 119 cm³/mol. The first-order valence-corrected chi connectivity index (χ1v) is 10.8. The van der Waals surface area contributed by atoms with Gasteiger partial charge in [0.05, 0.1) is 25.5 Å². The molecule has 1 aliphatic heterocycles. The van der Waals surface area contributed by atoms with Crippen molar-refractivity contribution in [1.82, 2.24) is 29.3 Å². The molecule has 4 heterocycles. The maximum absolute atomic E-state index is 5.63. The van der Waals surface area contributed by atoms with Crippen molar-refractivity contribution in [3.8, 4) is 17.1 Å². The number of benzene rings is 1. The second-order valence-electron chi connectivity index (χ2n) is 7.30. The molecule has 1 saturated heterocycles. The largest absolute Gasteiger partial charge is 0.377 e. The Kier molecular flexibility index (Phi) is 5.00. The van der Waals surface area contributed by atoms with Crippen LogP contribution >= 0.6 is 15.9 Å². The first-order chi connectivity index (χ1) is 14.7. The fraction of sp³-hybridized carbons (Fsp3) is 0.333. The van der Waals surface area contributed by atoms with E-state index in [1.54, 1.807) is 4.68 Å². The molecule has 0 amide bonds. The molecule has 0 saturated carbocycles. The van der Waals surface area contributed by atoms with Crippen molar-refractivity contribution < 1.29 is 4.74 Å². The molecule has 0 aliphatic carbocycles. The van der Waals surface area contributed by atoms with Gasteiger partial charge >= 0.3 is 0 Å². The van der Waals surface area contributed by atoms with Crippen molar-refractivity contribution in [2.45, 2.75) is 26.4 Å². The monoisotopic (exact) mass is 467 g/mol. The van der Waals surface area contributed by atoms with Crippen LogP contribution in [-0.2, 0) is 11.3 Å². The predicted octanol–water partition coefficient (Wildman–Crippen LogP) is 3.69. The molecule has 4 aromatic rings. The van der Waals surface area contributed by atoms with Crippen LogP contribution in [0.5, 0.6) is 0 Å². The molecule has 9 heteroatoms. The van der Waals surface area contributed by atoms with E-state index in [4.69, 9.17) is 19.7 Å². The van der Waals surface area contributed by atoms with Crippen molar-refractivity contribution >= 4 is 32.9 Å². The first kappa shape index (κ1) is 19.2. The van der Waals surface area contributed by atoms with Crippen LogP contribution in [-0.4, -0.2) is 55.1 Å². The second kappa shape index (κ2) is 7.81. The molecule has 0 unspecified atom stereocenters. The molecule has 154 valence electrons. The van der Waals surface area contributed by atoms with Crippen LogP contribution in [0, 0.1) is 0 Å². The minimum Gasteiger partial charge on any atom is -0.377 e. The Hall–Kier alpha value is -2.78. The highest BCUT2D eigenvalue weighted by atomic mass is 79.9. The van der Waals surface area contributed by atoms with E-state index in [1.807, 2.05) is 35.2 Å². The normalized spacial score (nSPS) is 17.0. The summed E-state index contributed by atoms with van der Waals surface area (Å²) in [6.45, 7) is 7.06. The summed E-state index contributed by atoms with van der Waals surface area (Å²) in [6, 6.07) is 10.4. The molecular weight excluding hydrogens is 446 g/mol. The van der Waals surface area contributed by atoms with Crippen molar-refractivity contribution in [3.05, 3.63) is 47.5 Å². The summed E-state index contributed by atoms with van der Waals surface area (Å²) in [5.74, 6) is 1.34. The number of aromatic nitrogens is 6. The SMILES string of the molecule is CCn1c(Br)nc2c(N3CCOC[C@H]3C)nc(-n3cc(-c4ccccc4)cn3)nc21. The zero-order valence-corrected chi connectivity index (χ0v) is 18.4. The summed E-state index contributed by atoms with van der Waals surface area (Å²) < 4.78 is 10.1. The number of ether oxygens (including phenoxy) is 1. The van der Waals surface area contributed by atoms with E-state index < -0.39 is 0 Å². The average molecular weight is 468 g/mol. The van der Waals surface area contributed by atoms with Crippen molar-refractivity contribution in [2.24, 2.45) is 0 Å². The first-order valence-electron chi connectivity index (χ1n) is 10.0. The molecule has 0 spiro atoms. The summed E-state index contributed by atoms with van der Waals surface area (Å²) in [6.07, 6.45) is 3.80. The number of imidazole rings is 1. The van der Waals surface area contributed by atoms with Gasteiger partial charge in [0.25, 0.3) is 5.95 Å². The van der Waals surface area contributed by atoms with E-state index in [9.17, 15) is 0 Å². The maximum atomic E-state index is 5.63. The highest BCUT2D eigenvalue weighted by molar-refractivity contribution is 9.10. The van der Waals surface area contributed by atoms with E-state index in [-0.39, 0.29) is 6.04 Å².